The van der Waals surface area contributed by atoms with E-state index in [4.69, 9.17) is 9.63 Å². The lowest BCUT2D eigenvalue weighted by Crippen LogP contribution is -2.11. The lowest BCUT2D eigenvalue weighted by atomic mass is 10.2. The summed E-state index contributed by atoms with van der Waals surface area (Å²) in [6, 6.07) is 5.77. The van der Waals surface area contributed by atoms with Gasteiger partial charge in [0.05, 0.1) is 11.7 Å². The van der Waals surface area contributed by atoms with Crippen LogP contribution in [0.25, 0.3) is 11.5 Å². The first kappa shape index (κ1) is 14.5. The molecule has 0 aliphatic carbocycles. The number of hydrogen-bond acceptors (Lipinski definition) is 5. The second kappa shape index (κ2) is 6.51. The Labute approximate surface area is 119 Å². The third-order valence-corrected chi connectivity index (χ3v) is 3.78. The number of aliphatic carboxylic acids is 1. The Bertz CT molecular complexity index is 586. The number of benzene rings is 1. The van der Waals surface area contributed by atoms with Crippen molar-refractivity contribution < 1.29 is 18.8 Å². The van der Waals surface area contributed by atoms with Crippen LogP contribution in [0.2, 0.25) is 0 Å². The number of carbonyl (C=O) groups is 1. The zero-order valence-electron chi connectivity index (χ0n) is 10.7. The van der Waals surface area contributed by atoms with Gasteiger partial charge in [-0.3, -0.25) is 4.79 Å². The number of thioether (sulfide) groups is 1. The van der Waals surface area contributed by atoms with Gasteiger partial charge in [-0.25, -0.2) is 4.39 Å². The number of carboxylic acids is 1. The van der Waals surface area contributed by atoms with Crippen LogP contribution in [-0.2, 0) is 10.5 Å². The van der Waals surface area contributed by atoms with Crippen LogP contribution in [0.3, 0.4) is 0 Å². The monoisotopic (exact) mass is 296 g/mol. The van der Waals surface area contributed by atoms with Crippen LogP contribution in [0.15, 0.2) is 28.8 Å². The van der Waals surface area contributed by atoms with Crippen molar-refractivity contribution in [3.63, 3.8) is 0 Å². The summed E-state index contributed by atoms with van der Waals surface area (Å²) in [4.78, 5) is 14.8. The van der Waals surface area contributed by atoms with Gasteiger partial charge in [-0.05, 0) is 24.3 Å². The van der Waals surface area contributed by atoms with Gasteiger partial charge in [-0.15, -0.1) is 0 Å². The third kappa shape index (κ3) is 3.80. The molecular formula is C13H13FN2O3S. The van der Waals surface area contributed by atoms with Crippen molar-refractivity contribution in [3.05, 3.63) is 35.9 Å². The molecule has 0 amide bonds. The van der Waals surface area contributed by atoms with Gasteiger partial charge in [-0.1, -0.05) is 12.1 Å². The van der Waals surface area contributed by atoms with Gasteiger partial charge in [0, 0.05) is 11.3 Å². The lowest BCUT2D eigenvalue weighted by molar-refractivity contribution is -0.140. The molecule has 1 atom stereocenters. The highest BCUT2D eigenvalue weighted by atomic mass is 32.2. The fourth-order valence-corrected chi connectivity index (χ4v) is 2.33. The maximum Gasteiger partial charge on any atom is 0.307 e. The number of hydrogen-bond donors (Lipinski definition) is 1. The summed E-state index contributed by atoms with van der Waals surface area (Å²) in [7, 11) is 0. The van der Waals surface area contributed by atoms with E-state index in [0.717, 1.165) is 0 Å². The van der Waals surface area contributed by atoms with Crippen molar-refractivity contribution >= 4 is 17.7 Å². The molecule has 5 nitrogen and oxygen atoms in total. The Hall–Kier alpha value is -1.89. The van der Waals surface area contributed by atoms with E-state index in [1.54, 1.807) is 19.1 Å². The molecule has 1 heterocycles. The molecule has 1 aromatic carbocycles. The molecule has 1 unspecified atom stereocenters. The zero-order chi connectivity index (χ0) is 14.5. The Kier molecular flexibility index (Phi) is 4.73. The quantitative estimate of drug-likeness (QED) is 0.883. The largest absolute Gasteiger partial charge is 0.481 e. The second-order valence-corrected chi connectivity index (χ2v) is 5.31. The Morgan fingerprint density at radius 1 is 1.45 bits per heavy atom. The molecule has 2 aromatic rings. The highest BCUT2D eigenvalue weighted by Gasteiger charge is 2.13. The number of rotatable bonds is 6. The summed E-state index contributed by atoms with van der Waals surface area (Å²) in [5.74, 6) is 0.213. The second-order valence-electron chi connectivity index (χ2n) is 4.28. The highest BCUT2D eigenvalue weighted by molar-refractivity contribution is 7.98. The Morgan fingerprint density at radius 2 is 2.15 bits per heavy atom. The van der Waals surface area contributed by atoms with Crippen molar-refractivity contribution in [2.24, 2.45) is 5.92 Å². The molecule has 0 aliphatic rings. The van der Waals surface area contributed by atoms with Gasteiger partial charge in [0.25, 0.3) is 5.89 Å². The van der Waals surface area contributed by atoms with Crippen LogP contribution in [0, 0.1) is 11.7 Å². The highest BCUT2D eigenvalue weighted by Crippen LogP contribution is 2.20. The Balaban J connectivity index is 1.92. The fourth-order valence-electron chi connectivity index (χ4n) is 1.42. The predicted molar refractivity (Wildman–Crippen MR) is 72.7 cm³/mol. The normalized spacial score (nSPS) is 12.3. The Morgan fingerprint density at radius 3 is 2.80 bits per heavy atom. The maximum atomic E-state index is 12.8. The first-order valence-corrected chi connectivity index (χ1v) is 7.11. The minimum absolute atomic E-state index is 0.326. The molecule has 1 N–H and O–H groups in total. The zero-order valence-corrected chi connectivity index (χ0v) is 11.6. The molecule has 0 spiro atoms. The van der Waals surface area contributed by atoms with Gasteiger partial charge in [0.15, 0.2) is 5.82 Å². The summed E-state index contributed by atoms with van der Waals surface area (Å²) in [5.41, 5.74) is 0.647. The van der Waals surface area contributed by atoms with Gasteiger partial charge in [-0.2, -0.15) is 16.7 Å². The number of carboxylic acid groups (broad SMARTS) is 1. The molecule has 0 aliphatic heterocycles. The van der Waals surface area contributed by atoms with Crippen molar-refractivity contribution in [3.8, 4) is 11.5 Å². The molecule has 0 bridgehead atoms. The van der Waals surface area contributed by atoms with Crippen LogP contribution < -0.4 is 0 Å². The first-order chi connectivity index (χ1) is 9.56. The van der Waals surface area contributed by atoms with E-state index < -0.39 is 11.9 Å². The third-order valence-electron chi connectivity index (χ3n) is 2.58. The molecule has 20 heavy (non-hydrogen) atoms. The SMILES string of the molecule is CC(CSCc1noc(-c2ccc(F)cc2)n1)C(=O)O. The van der Waals surface area contributed by atoms with Crippen LogP contribution in [-0.4, -0.2) is 27.0 Å². The average Bonchev–Trinajstić information content (AvgIpc) is 2.88. The molecular weight excluding hydrogens is 283 g/mol. The topological polar surface area (TPSA) is 76.2 Å². The molecule has 7 heteroatoms. The summed E-state index contributed by atoms with van der Waals surface area (Å²) >= 11 is 1.43. The summed E-state index contributed by atoms with van der Waals surface area (Å²) in [5, 5.41) is 12.6. The van der Waals surface area contributed by atoms with Crippen molar-refractivity contribution in [1.82, 2.24) is 10.1 Å². The van der Waals surface area contributed by atoms with E-state index >= 15 is 0 Å². The molecule has 0 saturated carbocycles. The molecule has 0 radical (unpaired) electrons. The van der Waals surface area contributed by atoms with Crippen LogP contribution in [0.1, 0.15) is 12.7 Å². The summed E-state index contributed by atoms with van der Waals surface area (Å²) < 4.78 is 17.9. The van der Waals surface area contributed by atoms with Gasteiger partial charge in [0.2, 0.25) is 0 Å². The molecule has 106 valence electrons. The van der Waals surface area contributed by atoms with Crippen LogP contribution in [0.4, 0.5) is 4.39 Å². The standard InChI is InChI=1S/C13H13FN2O3S/c1-8(13(17)18)6-20-7-11-15-12(19-16-11)9-2-4-10(14)5-3-9/h2-5,8H,6-7H2,1H3,(H,17,18). The van der Waals surface area contributed by atoms with Gasteiger partial charge in [0.1, 0.15) is 5.82 Å². The molecule has 1 aromatic heterocycles. The smallest absolute Gasteiger partial charge is 0.307 e. The fraction of sp³-hybridized carbons (Fsp3) is 0.308. The minimum Gasteiger partial charge on any atom is -0.481 e. The average molecular weight is 296 g/mol. The molecule has 0 saturated heterocycles. The number of aromatic nitrogens is 2. The van der Waals surface area contributed by atoms with E-state index in [1.165, 1.54) is 23.9 Å². The number of halogens is 1. The van der Waals surface area contributed by atoms with Gasteiger partial charge < -0.3 is 9.63 Å². The van der Waals surface area contributed by atoms with Crippen molar-refractivity contribution in [2.45, 2.75) is 12.7 Å². The minimum atomic E-state index is -0.822. The van der Waals surface area contributed by atoms with E-state index in [-0.39, 0.29) is 5.82 Å². The van der Waals surface area contributed by atoms with Crippen molar-refractivity contribution in [2.75, 3.05) is 5.75 Å². The summed E-state index contributed by atoms with van der Waals surface area (Å²) in [6.07, 6.45) is 0. The maximum absolute atomic E-state index is 12.8. The predicted octanol–water partition coefficient (Wildman–Crippen LogP) is 2.83. The first-order valence-electron chi connectivity index (χ1n) is 5.95. The van der Waals surface area contributed by atoms with Crippen LogP contribution in [0.5, 0.6) is 0 Å². The van der Waals surface area contributed by atoms with Crippen LogP contribution >= 0.6 is 11.8 Å². The van der Waals surface area contributed by atoms with Gasteiger partial charge >= 0.3 is 5.97 Å². The number of nitrogens with zero attached hydrogens (tertiary/aromatic N) is 2. The molecule has 0 fully saturated rings. The van der Waals surface area contributed by atoms with E-state index in [9.17, 15) is 9.18 Å². The van der Waals surface area contributed by atoms with E-state index in [2.05, 4.69) is 10.1 Å². The summed E-state index contributed by atoms with van der Waals surface area (Å²) in [6.45, 7) is 1.65. The van der Waals surface area contributed by atoms with E-state index in [1.807, 2.05) is 0 Å². The lowest BCUT2D eigenvalue weighted by Gasteiger charge is -2.02. The van der Waals surface area contributed by atoms with E-state index in [0.29, 0.717) is 28.8 Å². The molecule has 2 rings (SSSR count). The van der Waals surface area contributed by atoms with Crippen molar-refractivity contribution in [1.29, 1.82) is 0 Å².